The predicted octanol–water partition coefficient (Wildman–Crippen LogP) is 3.21. The lowest BCUT2D eigenvalue weighted by Gasteiger charge is -2.39. The number of carbonyl (C=O) groups is 1. The zero-order valence-electron chi connectivity index (χ0n) is 17.5. The predicted molar refractivity (Wildman–Crippen MR) is 112 cm³/mol. The first kappa shape index (κ1) is 20.2. The number of benzene rings is 2. The van der Waals surface area contributed by atoms with E-state index in [4.69, 9.17) is 23.7 Å². The molecule has 0 unspecified atom stereocenters. The van der Waals surface area contributed by atoms with Gasteiger partial charge in [-0.1, -0.05) is 6.07 Å². The summed E-state index contributed by atoms with van der Waals surface area (Å²) in [6.45, 7) is 2.08. The van der Waals surface area contributed by atoms with E-state index in [-0.39, 0.29) is 19.2 Å². The second-order valence-corrected chi connectivity index (χ2v) is 8.62. The summed E-state index contributed by atoms with van der Waals surface area (Å²) in [6.07, 6.45) is 2.34. The molecule has 3 aliphatic rings. The third-order valence-electron chi connectivity index (χ3n) is 6.13. The molecule has 1 N–H and O–H groups in total. The van der Waals surface area contributed by atoms with E-state index in [1.165, 1.54) is 12.8 Å². The van der Waals surface area contributed by atoms with Crippen LogP contribution in [-0.2, 0) is 16.1 Å². The van der Waals surface area contributed by atoms with Gasteiger partial charge in [-0.05, 0) is 48.6 Å². The first-order chi connectivity index (χ1) is 15.1. The minimum Gasteiger partial charge on any atom is -0.493 e. The lowest BCUT2D eigenvalue weighted by atomic mass is 9.88. The molecule has 0 aromatic heterocycles. The second kappa shape index (κ2) is 8.05. The maximum Gasteiger partial charge on any atom is 0.338 e. The van der Waals surface area contributed by atoms with E-state index in [2.05, 4.69) is 0 Å². The summed E-state index contributed by atoms with van der Waals surface area (Å²) in [5.74, 6) is 2.00. The fourth-order valence-corrected chi connectivity index (χ4v) is 3.84. The number of esters is 1. The molecule has 2 aromatic rings. The van der Waals surface area contributed by atoms with Crippen molar-refractivity contribution in [2.75, 3.05) is 40.1 Å². The number of methoxy groups -OCH3 is 1. The molecule has 0 atom stereocenters. The first-order valence-electron chi connectivity index (χ1n) is 10.6. The van der Waals surface area contributed by atoms with Gasteiger partial charge in [0, 0.05) is 11.1 Å². The summed E-state index contributed by atoms with van der Waals surface area (Å²) in [5.41, 5.74) is 2.77. The van der Waals surface area contributed by atoms with Crippen molar-refractivity contribution >= 4 is 5.97 Å². The highest BCUT2D eigenvalue weighted by molar-refractivity contribution is 5.94. The molecule has 164 valence electrons. The van der Waals surface area contributed by atoms with Gasteiger partial charge < -0.3 is 28.8 Å². The van der Waals surface area contributed by atoms with Crippen LogP contribution in [0.2, 0.25) is 0 Å². The summed E-state index contributed by atoms with van der Waals surface area (Å²) in [5, 5.41) is 9.82. The third kappa shape index (κ3) is 3.83. The molecule has 1 saturated carbocycles. The Bertz CT molecular complexity index is 986. The fraction of sp³-hybridized carbons (Fsp3) is 0.458. The van der Waals surface area contributed by atoms with E-state index in [0.717, 1.165) is 16.7 Å². The Morgan fingerprint density at radius 2 is 1.90 bits per heavy atom. The number of aliphatic hydroxyl groups is 1. The van der Waals surface area contributed by atoms with Crippen molar-refractivity contribution in [3.05, 3.63) is 41.5 Å². The third-order valence-corrected chi connectivity index (χ3v) is 6.13. The quantitative estimate of drug-likeness (QED) is 0.617. The molecule has 2 aromatic carbocycles. The van der Waals surface area contributed by atoms with Crippen LogP contribution < -0.4 is 14.2 Å². The molecule has 2 fully saturated rings. The molecule has 0 bridgehead atoms. The lowest BCUT2D eigenvalue weighted by molar-refractivity contribution is -0.153. The Morgan fingerprint density at radius 3 is 2.58 bits per heavy atom. The number of carbonyl (C=O) groups excluding carboxylic acids is 1. The number of cyclic esters (lactones) is 1. The van der Waals surface area contributed by atoms with Gasteiger partial charge in [-0.15, -0.1) is 0 Å². The molecule has 1 aliphatic carbocycles. The van der Waals surface area contributed by atoms with Crippen molar-refractivity contribution < 1.29 is 33.6 Å². The zero-order chi connectivity index (χ0) is 21.4. The largest absolute Gasteiger partial charge is 0.493 e. The Labute approximate surface area is 180 Å². The molecule has 7 nitrogen and oxygen atoms in total. The van der Waals surface area contributed by atoms with Crippen molar-refractivity contribution in [2.45, 2.75) is 19.4 Å². The van der Waals surface area contributed by atoms with Gasteiger partial charge in [0.15, 0.2) is 11.5 Å². The van der Waals surface area contributed by atoms with Crippen LogP contribution in [0.5, 0.6) is 17.2 Å². The van der Waals surface area contributed by atoms with Crippen LogP contribution in [0.3, 0.4) is 0 Å². The topological polar surface area (TPSA) is 83.5 Å². The van der Waals surface area contributed by atoms with Crippen LogP contribution in [0.15, 0.2) is 30.3 Å². The van der Waals surface area contributed by atoms with E-state index in [1.807, 2.05) is 24.3 Å². The minimum absolute atomic E-state index is 0.0110. The minimum atomic E-state index is -0.410. The van der Waals surface area contributed by atoms with Gasteiger partial charge in [-0.2, -0.15) is 0 Å². The van der Waals surface area contributed by atoms with Crippen molar-refractivity contribution in [3.63, 3.8) is 0 Å². The van der Waals surface area contributed by atoms with Crippen LogP contribution in [0, 0.1) is 11.3 Å². The highest BCUT2D eigenvalue weighted by Crippen LogP contribution is 2.47. The maximum atomic E-state index is 11.8. The van der Waals surface area contributed by atoms with Gasteiger partial charge in [0.2, 0.25) is 5.75 Å². The Morgan fingerprint density at radius 1 is 1.10 bits per heavy atom. The Balaban J connectivity index is 1.54. The number of fused-ring (bicyclic) bond motifs is 1. The van der Waals surface area contributed by atoms with Gasteiger partial charge >= 0.3 is 5.97 Å². The van der Waals surface area contributed by atoms with E-state index in [9.17, 15) is 9.90 Å². The number of hydrogen-bond acceptors (Lipinski definition) is 7. The molecule has 0 radical (unpaired) electrons. The normalized spacial score (nSPS) is 18.7. The monoisotopic (exact) mass is 426 g/mol. The van der Waals surface area contributed by atoms with Crippen molar-refractivity contribution in [1.29, 1.82) is 0 Å². The molecule has 5 rings (SSSR count). The van der Waals surface area contributed by atoms with E-state index < -0.39 is 5.41 Å². The Hall–Kier alpha value is -2.77. The summed E-state index contributed by atoms with van der Waals surface area (Å²) in [6, 6.07) is 9.43. The van der Waals surface area contributed by atoms with E-state index >= 15 is 0 Å². The molecular weight excluding hydrogens is 400 g/mol. The highest BCUT2D eigenvalue weighted by atomic mass is 16.6. The molecule has 0 amide bonds. The van der Waals surface area contributed by atoms with E-state index in [0.29, 0.717) is 55.2 Å². The summed E-state index contributed by atoms with van der Waals surface area (Å²) in [4.78, 5) is 11.8. The van der Waals surface area contributed by atoms with Gasteiger partial charge in [-0.3, -0.25) is 0 Å². The average Bonchev–Trinajstić information content (AvgIpc) is 3.53. The van der Waals surface area contributed by atoms with Gasteiger partial charge in [-0.25, -0.2) is 4.79 Å². The summed E-state index contributed by atoms with van der Waals surface area (Å²) < 4.78 is 28.5. The van der Waals surface area contributed by atoms with E-state index in [1.54, 1.807) is 13.2 Å². The fourth-order valence-electron chi connectivity index (χ4n) is 3.84. The molecular formula is C24H26O7. The van der Waals surface area contributed by atoms with Crippen LogP contribution in [-0.4, -0.2) is 51.2 Å². The van der Waals surface area contributed by atoms with Crippen LogP contribution in [0.1, 0.15) is 28.8 Å². The van der Waals surface area contributed by atoms with Gasteiger partial charge in [0.05, 0.1) is 44.5 Å². The molecule has 0 spiro atoms. The smallest absolute Gasteiger partial charge is 0.338 e. The van der Waals surface area contributed by atoms with Crippen LogP contribution in [0.4, 0.5) is 0 Å². The maximum absolute atomic E-state index is 11.8. The number of rotatable bonds is 9. The van der Waals surface area contributed by atoms with Crippen molar-refractivity contribution in [1.82, 2.24) is 0 Å². The van der Waals surface area contributed by atoms with Crippen molar-refractivity contribution in [3.8, 4) is 28.4 Å². The van der Waals surface area contributed by atoms with Crippen LogP contribution >= 0.6 is 0 Å². The number of hydrogen-bond donors (Lipinski definition) is 1. The SMILES string of the molecule is COc1ccc(-c2ccc3c(c2)COC3=O)c(OCC2(CO)COC2)c1OCC1CC1. The molecule has 2 aliphatic heterocycles. The summed E-state index contributed by atoms with van der Waals surface area (Å²) in [7, 11) is 1.61. The number of aliphatic hydroxyl groups excluding tert-OH is 1. The second-order valence-electron chi connectivity index (χ2n) is 8.62. The van der Waals surface area contributed by atoms with Crippen LogP contribution in [0.25, 0.3) is 11.1 Å². The molecule has 1 saturated heterocycles. The summed E-state index contributed by atoms with van der Waals surface area (Å²) >= 11 is 0. The number of ether oxygens (including phenoxy) is 5. The average molecular weight is 426 g/mol. The standard InChI is InChI=1S/C24H26O7/c1-27-20-7-6-18(16-4-5-19-17(8-16)10-30-23(19)26)21(22(20)29-9-15-2-3-15)31-14-24(11-25)12-28-13-24/h4-8,15,25H,2-3,9-14H2,1H3. The van der Waals surface area contributed by atoms with Crippen molar-refractivity contribution in [2.24, 2.45) is 11.3 Å². The first-order valence-corrected chi connectivity index (χ1v) is 10.6. The van der Waals surface area contributed by atoms with Gasteiger partial charge in [0.25, 0.3) is 0 Å². The van der Waals surface area contributed by atoms with Gasteiger partial charge in [0.1, 0.15) is 13.2 Å². The zero-order valence-corrected chi connectivity index (χ0v) is 17.5. The lowest BCUT2D eigenvalue weighted by Crippen LogP contribution is -2.50. The highest BCUT2D eigenvalue weighted by Gasteiger charge is 2.40. The Kier molecular flexibility index (Phi) is 5.24. The molecule has 2 heterocycles. The molecule has 7 heteroatoms. The molecule has 31 heavy (non-hydrogen) atoms.